The second-order valence-corrected chi connectivity index (χ2v) is 8.88. The Labute approximate surface area is 205 Å². The number of hydrogen-bond acceptors (Lipinski definition) is 8. The summed E-state index contributed by atoms with van der Waals surface area (Å²) < 4.78 is 36.9. The van der Waals surface area contributed by atoms with Crippen LogP contribution in [0.3, 0.4) is 0 Å². The van der Waals surface area contributed by atoms with Crippen LogP contribution in [0, 0.1) is 11.6 Å². The van der Waals surface area contributed by atoms with Gasteiger partial charge in [0.05, 0.1) is 11.1 Å². The van der Waals surface area contributed by atoms with Gasteiger partial charge in [-0.2, -0.15) is 4.98 Å². The van der Waals surface area contributed by atoms with Gasteiger partial charge in [0.25, 0.3) is 11.9 Å². The van der Waals surface area contributed by atoms with Gasteiger partial charge in [-0.1, -0.05) is 6.92 Å². The lowest BCUT2D eigenvalue weighted by molar-refractivity contribution is 0.0827. The van der Waals surface area contributed by atoms with Crippen molar-refractivity contribution in [1.29, 1.82) is 0 Å². The zero-order valence-electron chi connectivity index (χ0n) is 20.2. The van der Waals surface area contributed by atoms with Crippen molar-refractivity contribution in [1.82, 2.24) is 29.6 Å². The van der Waals surface area contributed by atoms with Crippen molar-refractivity contribution in [2.24, 2.45) is 0 Å². The number of fused-ring (bicyclic) bond motifs is 1. The van der Waals surface area contributed by atoms with Crippen LogP contribution >= 0.6 is 0 Å². The van der Waals surface area contributed by atoms with Crippen LogP contribution in [0.2, 0.25) is 0 Å². The zero-order chi connectivity index (χ0) is 25.4. The van der Waals surface area contributed by atoms with Crippen molar-refractivity contribution in [3.63, 3.8) is 0 Å². The SMILES string of the molecule is CCc1nc(N2CCC(n3cc(F)c4c(Nc5ccc(C(=O)N(C)C)cc5F)ncnc43)CC2)no1. The van der Waals surface area contributed by atoms with Gasteiger partial charge in [-0.05, 0) is 36.2 Å². The summed E-state index contributed by atoms with van der Waals surface area (Å²) in [5.41, 5.74) is 0.722. The Morgan fingerprint density at radius 3 is 2.64 bits per heavy atom. The summed E-state index contributed by atoms with van der Waals surface area (Å²) in [7, 11) is 3.18. The van der Waals surface area contributed by atoms with Crippen LogP contribution in [0.5, 0.6) is 0 Å². The molecule has 4 aromatic rings. The number of aromatic nitrogens is 5. The Bertz CT molecular complexity index is 1410. The number of piperidine rings is 1. The van der Waals surface area contributed by atoms with Crippen molar-refractivity contribution < 1.29 is 18.1 Å². The molecule has 0 radical (unpaired) electrons. The van der Waals surface area contributed by atoms with E-state index in [0.717, 1.165) is 18.9 Å². The Balaban J connectivity index is 1.37. The highest BCUT2D eigenvalue weighted by Crippen LogP contribution is 2.33. The molecule has 0 bridgehead atoms. The molecule has 1 fully saturated rings. The average molecular weight is 497 g/mol. The predicted molar refractivity (Wildman–Crippen MR) is 129 cm³/mol. The maximum Gasteiger partial charge on any atom is 0.266 e. The number of aryl methyl sites for hydroxylation is 1. The van der Waals surface area contributed by atoms with Crippen LogP contribution < -0.4 is 10.2 Å². The lowest BCUT2D eigenvalue weighted by Crippen LogP contribution is -2.35. The van der Waals surface area contributed by atoms with Crippen LogP contribution in [0.15, 0.2) is 35.2 Å². The molecule has 0 atom stereocenters. The van der Waals surface area contributed by atoms with E-state index >= 15 is 4.39 Å². The molecule has 12 heteroatoms. The molecular formula is C24H26F2N8O2. The first-order valence-corrected chi connectivity index (χ1v) is 11.7. The van der Waals surface area contributed by atoms with Crippen molar-refractivity contribution >= 4 is 34.4 Å². The molecule has 1 aromatic carbocycles. The first kappa shape index (κ1) is 23.6. The van der Waals surface area contributed by atoms with E-state index in [1.807, 2.05) is 11.5 Å². The highest BCUT2D eigenvalue weighted by atomic mass is 19.1. The third kappa shape index (κ3) is 4.34. The molecule has 1 saturated heterocycles. The molecule has 0 unspecified atom stereocenters. The first-order valence-electron chi connectivity index (χ1n) is 11.7. The molecule has 1 amide bonds. The monoisotopic (exact) mass is 496 g/mol. The van der Waals surface area contributed by atoms with Crippen LogP contribution in [0.1, 0.15) is 42.1 Å². The number of nitrogens with zero attached hydrogens (tertiary/aromatic N) is 7. The van der Waals surface area contributed by atoms with Crippen molar-refractivity contribution in [2.75, 3.05) is 37.4 Å². The number of rotatable bonds is 6. The van der Waals surface area contributed by atoms with E-state index in [1.54, 1.807) is 14.1 Å². The zero-order valence-corrected chi connectivity index (χ0v) is 20.2. The summed E-state index contributed by atoms with van der Waals surface area (Å²) in [4.78, 5) is 28.4. The van der Waals surface area contributed by atoms with Gasteiger partial charge < -0.3 is 24.2 Å². The lowest BCUT2D eigenvalue weighted by Gasteiger charge is -2.31. The summed E-state index contributed by atoms with van der Waals surface area (Å²) in [5, 5.41) is 7.08. The quantitative estimate of drug-likeness (QED) is 0.428. The Morgan fingerprint density at radius 2 is 1.97 bits per heavy atom. The third-order valence-corrected chi connectivity index (χ3v) is 6.34. The number of amides is 1. The highest BCUT2D eigenvalue weighted by molar-refractivity contribution is 5.95. The minimum absolute atomic E-state index is 0.0154. The summed E-state index contributed by atoms with van der Waals surface area (Å²) in [6, 6.07) is 4.11. The van der Waals surface area contributed by atoms with Crippen LogP contribution in [-0.4, -0.2) is 62.7 Å². The molecule has 10 nitrogen and oxygen atoms in total. The fourth-order valence-corrected chi connectivity index (χ4v) is 4.41. The topological polar surface area (TPSA) is 105 Å². The van der Waals surface area contributed by atoms with Gasteiger partial charge in [0.1, 0.15) is 23.6 Å². The second kappa shape index (κ2) is 9.51. The van der Waals surface area contributed by atoms with Gasteiger partial charge in [0.15, 0.2) is 5.82 Å². The molecule has 0 spiro atoms. The molecule has 188 valence electrons. The second-order valence-electron chi connectivity index (χ2n) is 8.88. The number of carbonyl (C=O) groups is 1. The Morgan fingerprint density at radius 1 is 1.19 bits per heavy atom. The number of benzene rings is 1. The van der Waals surface area contributed by atoms with E-state index in [0.29, 0.717) is 37.0 Å². The number of hydrogen-bond donors (Lipinski definition) is 1. The van der Waals surface area contributed by atoms with E-state index in [2.05, 4.69) is 30.3 Å². The summed E-state index contributed by atoms with van der Waals surface area (Å²) in [5.74, 6) is -0.140. The summed E-state index contributed by atoms with van der Waals surface area (Å²) in [6.07, 6.45) is 4.90. The van der Waals surface area contributed by atoms with Gasteiger partial charge in [-0.25, -0.2) is 18.7 Å². The minimum atomic E-state index is -0.644. The van der Waals surface area contributed by atoms with E-state index < -0.39 is 11.6 Å². The smallest absolute Gasteiger partial charge is 0.266 e. The Kier molecular flexibility index (Phi) is 6.25. The van der Waals surface area contributed by atoms with E-state index in [-0.39, 0.29) is 34.4 Å². The van der Waals surface area contributed by atoms with Crippen LogP contribution in [0.25, 0.3) is 11.0 Å². The number of halogens is 2. The fourth-order valence-electron chi connectivity index (χ4n) is 4.41. The molecule has 3 aromatic heterocycles. The number of anilines is 3. The van der Waals surface area contributed by atoms with Crippen molar-refractivity contribution in [2.45, 2.75) is 32.2 Å². The molecule has 1 aliphatic heterocycles. The predicted octanol–water partition coefficient (Wildman–Crippen LogP) is 3.94. The van der Waals surface area contributed by atoms with E-state index in [9.17, 15) is 9.18 Å². The fraction of sp³-hybridized carbons (Fsp3) is 0.375. The van der Waals surface area contributed by atoms with E-state index in [4.69, 9.17) is 4.52 Å². The summed E-state index contributed by atoms with van der Waals surface area (Å²) in [6.45, 7) is 3.33. The standard InChI is InChI=1S/C24H26F2N8O2/c1-4-19-30-24(31-36-19)33-9-7-15(8-10-33)34-12-17(26)20-21(27-13-28-22(20)34)29-18-6-5-14(11-16(18)25)23(35)32(2)3/h5-6,11-13,15H,4,7-10H2,1-3H3,(H,27,28,29). The normalized spacial score (nSPS) is 14.4. The van der Waals surface area contributed by atoms with Gasteiger partial charge in [-0.15, -0.1) is 0 Å². The average Bonchev–Trinajstić information content (AvgIpc) is 3.50. The van der Waals surface area contributed by atoms with Crippen molar-refractivity contribution in [3.05, 3.63) is 53.8 Å². The van der Waals surface area contributed by atoms with Gasteiger partial charge in [-0.3, -0.25) is 4.79 Å². The molecular weight excluding hydrogens is 470 g/mol. The maximum atomic E-state index is 15.1. The number of carbonyl (C=O) groups excluding carboxylic acids is 1. The maximum absolute atomic E-state index is 15.1. The molecule has 1 aliphatic rings. The third-order valence-electron chi connectivity index (χ3n) is 6.34. The van der Waals surface area contributed by atoms with Crippen LogP contribution in [0.4, 0.5) is 26.2 Å². The first-order chi connectivity index (χ1) is 17.4. The molecule has 5 rings (SSSR count). The Hall–Kier alpha value is -4.09. The lowest BCUT2D eigenvalue weighted by atomic mass is 10.1. The van der Waals surface area contributed by atoms with Gasteiger partial charge in [0.2, 0.25) is 5.89 Å². The minimum Gasteiger partial charge on any atom is -0.345 e. The largest absolute Gasteiger partial charge is 0.345 e. The highest BCUT2D eigenvalue weighted by Gasteiger charge is 2.27. The molecule has 36 heavy (non-hydrogen) atoms. The molecule has 4 heterocycles. The molecule has 0 saturated carbocycles. The summed E-state index contributed by atoms with van der Waals surface area (Å²) >= 11 is 0. The molecule has 0 aliphatic carbocycles. The molecule has 1 N–H and O–H groups in total. The van der Waals surface area contributed by atoms with Crippen molar-refractivity contribution in [3.8, 4) is 0 Å². The van der Waals surface area contributed by atoms with Gasteiger partial charge >= 0.3 is 0 Å². The van der Waals surface area contributed by atoms with Gasteiger partial charge in [0, 0.05) is 51.4 Å². The number of nitrogens with one attached hydrogen (secondary N) is 1. The van der Waals surface area contributed by atoms with Crippen LogP contribution in [-0.2, 0) is 6.42 Å². The van der Waals surface area contributed by atoms with E-state index in [1.165, 1.54) is 29.6 Å².